The van der Waals surface area contributed by atoms with Gasteiger partial charge in [0.25, 0.3) is 0 Å². The van der Waals surface area contributed by atoms with Crippen molar-refractivity contribution in [2.24, 2.45) is 0 Å². The highest BCUT2D eigenvalue weighted by Crippen LogP contribution is 2.09. The van der Waals surface area contributed by atoms with Crippen LogP contribution in [0.15, 0.2) is 28.7 Å². The molecule has 1 nitrogen and oxygen atoms in total. The van der Waals surface area contributed by atoms with E-state index in [1.807, 2.05) is 6.07 Å². The van der Waals surface area contributed by atoms with Crippen LogP contribution in [0.4, 0.5) is 0 Å². The molecule has 0 spiro atoms. The van der Waals surface area contributed by atoms with Gasteiger partial charge in [-0.15, -0.1) is 0 Å². The molecule has 0 saturated heterocycles. The quantitative estimate of drug-likeness (QED) is 0.651. The van der Waals surface area contributed by atoms with Crippen molar-refractivity contribution in [3.63, 3.8) is 0 Å². The van der Waals surface area contributed by atoms with Crippen LogP contribution in [0, 0.1) is 0 Å². The maximum Gasteiger partial charge on any atom is 0.233 e. The number of hydrogen-bond acceptors (Lipinski definition) is 1. The van der Waals surface area contributed by atoms with Crippen molar-refractivity contribution in [2.45, 2.75) is 0 Å². The minimum Gasteiger partial charge on any atom is -0.285 e. The van der Waals surface area contributed by atoms with Crippen LogP contribution < -0.4 is 0 Å². The number of rotatable bonds is 1. The average molecular weight is 184 g/mol. The largest absolute Gasteiger partial charge is 0.285 e. The van der Waals surface area contributed by atoms with Gasteiger partial charge in [0.1, 0.15) is 0 Å². The van der Waals surface area contributed by atoms with Crippen molar-refractivity contribution in [2.75, 3.05) is 0 Å². The summed E-state index contributed by atoms with van der Waals surface area (Å²) in [7, 11) is 0. The Hall–Kier alpha value is -0.630. The lowest BCUT2D eigenvalue weighted by molar-refractivity contribution is 0.562. The van der Waals surface area contributed by atoms with Crippen LogP contribution in [0.1, 0.15) is 5.56 Å². The van der Waals surface area contributed by atoms with Crippen LogP contribution in [0.2, 0.25) is 0 Å². The molecule has 0 N–H and O–H groups in total. The first-order chi connectivity index (χ1) is 4.33. The topological polar surface area (TPSA) is 17.1 Å². The molecule has 0 aliphatic heterocycles. The lowest BCUT2D eigenvalue weighted by Crippen LogP contribution is -1.76. The van der Waals surface area contributed by atoms with Crippen molar-refractivity contribution >= 4 is 22.2 Å². The fourth-order valence-electron chi connectivity index (χ4n) is 0.552. The van der Waals surface area contributed by atoms with Gasteiger partial charge in [-0.2, -0.15) is 0 Å². The molecule has 0 bridgehead atoms. The minimum absolute atomic E-state index is 0.573. The molecule has 0 saturated carbocycles. The molecule has 1 aromatic carbocycles. The van der Waals surface area contributed by atoms with Crippen molar-refractivity contribution in [1.29, 1.82) is 0 Å². The van der Waals surface area contributed by atoms with Gasteiger partial charge in [-0.05, 0) is 12.1 Å². The van der Waals surface area contributed by atoms with E-state index in [0.717, 1.165) is 4.47 Å². The molecule has 0 aliphatic rings. The summed E-state index contributed by atoms with van der Waals surface area (Å²) < 4.78 is 0.906. The molecule has 0 aromatic heterocycles. The van der Waals surface area contributed by atoms with Crippen LogP contribution in [-0.2, 0) is 4.79 Å². The van der Waals surface area contributed by atoms with Crippen molar-refractivity contribution in [3.8, 4) is 0 Å². The van der Waals surface area contributed by atoms with E-state index in [1.165, 1.54) is 0 Å². The fraction of sp³-hybridized carbons (Fsp3) is 0. The first kappa shape index (κ1) is 6.49. The Morgan fingerprint density at radius 2 is 2.22 bits per heavy atom. The van der Waals surface area contributed by atoms with Crippen molar-refractivity contribution < 1.29 is 4.79 Å². The second-order valence-corrected chi connectivity index (χ2v) is 2.53. The first-order valence-corrected chi connectivity index (χ1v) is 3.26. The third kappa shape index (κ3) is 1.64. The van der Waals surface area contributed by atoms with Crippen molar-refractivity contribution in [1.82, 2.24) is 0 Å². The summed E-state index contributed by atoms with van der Waals surface area (Å²) in [4.78, 5) is 10.0. The molecule has 9 heavy (non-hydrogen) atoms. The van der Waals surface area contributed by atoms with E-state index in [-0.39, 0.29) is 0 Å². The summed E-state index contributed by atoms with van der Waals surface area (Å²) >= 11 is 3.22. The first-order valence-electron chi connectivity index (χ1n) is 2.46. The molecule has 1 radical (unpaired) electrons. The third-order valence-corrected chi connectivity index (χ3v) is 1.44. The van der Waals surface area contributed by atoms with Gasteiger partial charge in [-0.25, -0.2) is 0 Å². The molecule has 0 amide bonds. The summed E-state index contributed by atoms with van der Waals surface area (Å²) in [6.07, 6.45) is 1.79. The molecule has 2 heteroatoms. The van der Waals surface area contributed by atoms with Crippen LogP contribution in [0.25, 0.3) is 0 Å². The van der Waals surface area contributed by atoms with E-state index in [2.05, 4.69) is 15.9 Å². The van der Waals surface area contributed by atoms with Gasteiger partial charge in [0, 0.05) is 10.0 Å². The van der Waals surface area contributed by atoms with E-state index >= 15 is 0 Å². The van der Waals surface area contributed by atoms with Gasteiger partial charge in [0.05, 0.1) is 0 Å². The number of carbonyl (C=O) groups excluding carboxylic acids is 1. The number of benzene rings is 1. The molecular weight excluding hydrogens is 180 g/mol. The molecule has 0 atom stereocenters. The smallest absolute Gasteiger partial charge is 0.233 e. The molecule has 45 valence electrons. The highest BCUT2D eigenvalue weighted by molar-refractivity contribution is 9.10. The van der Waals surface area contributed by atoms with Gasteiger partial charge in [-0.1, -0.05) is 28.1 Å². The average Bonchev–Trinajstić information content (AvgIpc) is 1.88. The highest BCUT2D eigenvalue weighted by Gasteiger charge is 1.88. The fourth-order valence-corrected chi connectivity index (χ4v) is 0.951. The van der Waals surface area contributed by atoms with Gasteiger partial charge in [0.2, 0.25) is 6.29 Å². The van der Waals surface area contributed by atoms with Crippen molar-refractivity contribution in [3.05, 3.63) is 34.3 Å². The van der Waals surface area contributed by atoms with Gasteiger partial charge < -0.3 is 0 Å². The Bertz CT molecular complexity index is 220. The zero-order valence-electron chi connectivity index (χ0n) is 4.60. The predicted molar refractivity (Wildman–Crippen MR) is 38.9 cm³/mol. The molecule has 0 heterocycles. The maximum atomic E-state index is 10.0. The third-order valence-electron chi connectivity index (χ3n) is 0.942. The van der Waals surface area contributed by atoms with Crippen LogP contribution in [-0.4, -0.2) is 6.29 Å². The Morgan fingerprint density at radius 1 is 1.44 bits per heavy atom. The lowest BCUT2D eigenvalue weighted by atomic mass is 10.2. The van der Waals surface area contributed by atoms with Crippen LogP contribution in [0.3, 0.4) is 0 Å². The molecular formula is C7H4BrO. The van der Waals surface area contributed by atoms with E-state index in [9.17, 15) is 4.79 Å². The van der Waals surface area contributed by atoms with E-state index in [0.29, 0.717) is 5.56 Å². The van der Waals surface area contributed by atoms with Crippen LogP contribution >= 0.6 is 15.9 Å². The summed E-state index contributed by atoms with van der Waals surface area (Å²) in [5.41, 5.74) is 0.573. The second kappa shape index (κ2) is 2.78. The monoisotopic (exact) mass is 183 g/mol. The number of halogens is 1. The van der Waals surface area contributed by atoms with Gasteiger partial charge in [0.15, 0.2) is 0 Å². The summed E-state index contributed by atoms with van der Waals surface area (Å²) in [6, 6.07) is 7.08. The van der Waals surface area contributed by atoms with E-state index < -0.39 is 0 Å². The summed E-state index contributed by atoms with van der Waals surface area (Å²) in [5, 5.41) is 0. The minimum atomic E-state index is 0.573. The Balaban J connectivity index is 3.07. The lowest BCUT2D eigenvalue weighted by Gasteiger charge is -1.87. The molecule has 0 unspecified atom stereocenters. The SMILES string of the molecule is O=[C]c1cccc(Br)c1. The standard InChI is InChI=1S/C7H4BrO/c8-7-3-1-2-6(4-7)5-9/h1-4H. The predicted octanol–water partition coefficient (Wildman–Crippen LogP) is 1.91. The van der Waals surface area contributed by atoms with E-state index in [4.69, 9.17) is 0 Å². The molecule has 0 fully saturated rings. The zero-order chi connectivity index (χ0) is 6.69. The summed E-state index contributed by atoms with van der Waals surface area (Å²) in [6.45, 7) is 0. The normalized spacial score (nSPS) is 9.00. The molecule has 0 aliphatic carbocycles. The van der Waals surface area contributed by atoms with Gasteiger partial charge >= 0.3 is 0 Å². The Labute approximate surface area is 61.8 Å². The van der Waals surface area contributed by atoms with E-state index in [1.54, 1.807) is 24.5 Å². The van der Waals surface area contributed by atoms with Crippen LogP contribution in [0.5, 0.6) is 0 Å². The van der Waals surface area contributed by atoms with Gasteiger partial charge in [-0.3, -0.25) is 4.79 Å². The number of hydrogen-bond donors (Lipinski definition) is 0. The second-order valence-electron chi connectivity index (χ2n) is 1.61. The molecule has 1 rings (SSSR count). The summed E-state index contributed by atoms with van der Waals surface area (Å²) in [5.74, 6) is 0. The molecule has 1 aromatic rings. The zero-order valence-corrected chi connectivity index (χ0v) is 6.18. The maximum absolute atomic E-state index is 10.0. The highest BCUT2D eigenvalue weighted by atomic mass is 79.9. The Kier molecular flexibility index (Phi) is 2.01. The Morgan fingerprint density at radius 3 is 2.67 bits per heavy atom.